The summed E-state index contributed by atoms with van der Waals surface area (Å²) in [6.45, 7) is 2.30. The van der Waals surface area contributed by atoms with Crippen LogP contribution in [0.5, 0.6) is 0 Å². The predicted octanol–water partition coefficient (Wildman–Crippen LogP) is 2.05. The molecule has 0 aromatic heterocycles. The molecule has 2 rings (SSSR count). The summed E-state index contributed by atoms with van der Waals surface area (Å²) in [6.07, 6.45) is 2.05. The van der Waals surface area contributed by atoms with Gasteiger partial charge >= 0.3 is 5.97 Å². The second kappa shape index (κ2) is 7.41. The van der Waals surface area contributed by atoms with E-state index in [0.29, 0.717) is 12.6 Å². The van der Waals surface area contributed by atoms with Crippen molar-refractivity contribution in [1.82, 2.24) is 4.90 Å². The Labute approximate surface area is 120 Å². The molecule has 0 N–H and O–H groups in total. The minimum Gasteiger partial charge on any atom is -0.469 e. The van der Waals surface area contributed by atoms with Crippen molar-refractivity contribution < 1.29 is 14.3 Å². The lowest BCUT2D eigenvalue weighted by molar-refractivity contribution is -0.143. The summed E-state index contributed by atoms with van der Waals surface area (Å²) >= 11 is 0. The van der Waals surface area contributed by atoms with E-state index in [1.54, 1.807) is 0 Å². The van der Waals surface area contributed by atoms with Crippen molar-refractivity contribution in [3.63, 3.8) is 0 Å². The Hall–Kier alpha value is -1.39. The number of ether oxygens (including phenoxy) is 2. The van der Waals surface area contributed by atoms with E-state index in [2.05, 4.69) is 11.9 Å². The van der Waals surface area contributed by atoms with Crippen LogP contribution in [0.1, 0.15) is 24.3 Å². The maximum atomic E-state index is 12.1. The maximum absolute atomic E-state index is 12.1. The molecule has 1 atom stereocenters. The Bertz CT molecular complexity index is 415. The van der Waals surface area contributed by atoms with E-state index in [9.17, 15) is 4.79 Å². The maximum Gasteiger partial charge on any atom is 0.314 e. The van der Waals surface area contributed by atoms with E-state index < -0.39 is 0 Å². The molecule has 1 aliphatic heterocycles. The van der Waals surface area contributed by atoms with E-state index in [4.69, 9.17) is 9.47 Å². The van der Waals surface area contributed by atoms with Crippen LogP contribution in [0.4, 0.5) is 0 Å². The Morgan fingerprint density at radius 3 is 2.60 bits per heavy atom. The summed E-state index contributed by atoms with van der Waals surface area (Å²) in [4.78, 5) is 14.3. The highest BCUT2D eigenvalue weighted by Crippen LogP contribution is 2.21. The highest BCUT2D eigenvalue weighted by atomic mass is 16.5. The molecule has 1 saturated heterocycles. The normalized spacial score (nSPS) is 17.9. The van der Waals surface area contributed by atoms with E-state index in [1.165, 1.54) is 7.11 Å². The predicted molar refractivity (Wildman–Crippen MR) is 77.7 cm³/mol. The van der Waals surface area contributed by atoms with Crippen LogP contribution in [0.3, 0.4) is 0 Å². The molecule has 20 heavy (non-hydrogen) atoms. The summed E-state index contributed by atoms with van der Waals surface area (Å²) in [5.74, 6) is -0.399. The number of likely N-dealkylation sites (N-methyl/N-ethyl adjacent to an activating group) is 1. The molecule has 0 amide bonds. The Kier molecular flexibility index (Phi) is 5.56. The van der Waals surface area contributed by atoms with Gasteiger partial charge in [0.1, 0.15) is 0 Å². The minimum atomic E-state index is -0.228. The monoisotopic (exact) mass is 277 g/mol. The van der Waals surface area contributed by atoms with Crippen molar-refractivity contribution in [3.05, 3.63) is 35.9 Å². The second-order valence-electron chi connectivity index (χ2n) is 5.27. The summed E-state index contributed by atoms with van der Waals surface area (Å²) < 4.78 is 10.4. The van der Waals surface area contributed by atoms with Gasteiger partial charge < -0.3 is 14.4 Å². The Morgan fingerprint density at radius 2 is 2.00 bits per heavy atom. The number of hydrogen-bond acceptors (Lipinski definition) is 4. The molecule has 0 aliphatic carbocycles. The molecule has 1 aromatic carbocycles. The topological polar surface area (TPSA) is 38.8 Å². The highest BCUT2D eigenvalue weighted by molar-refractivity contribution is 5.78. The largest absolute Gasteiger partial charge is 0.469 e. The van der Waals surface area contributed by atoms with Crippen LogP contribution >= 0.6 is 0 Å². The first-order chi connectivity index (χ1) is 9.72. The zero-order chi connectivity index (χ0) is 14.4. The lowest BCUT2D eigenvalue weighted by Gasteiger charge is -2.33. The van der Waals surface area contributed by atoms with Gasteiger partial charge in [-0.15, -0.1) is 0 Å². The number of benzene rings is 1. The lowest BCUT2D eigenvalue weighted by Crippen LogP contribution is -2.40. The first-order valence-electron chi connectivity index (χ1n) is 7.13. The fourth-order valence-electron chi connectivity index (χ4n) is 2.71. The van der Waals surface area contributed by atoms with Crippen molar-refractivity contribution in [3.8, 4) is 0 Å². The second-order valence-corrected chi connectivity index (χ2v) is 5.27. The molecule has 1 aromatic rings. The van der Waals surface area contributed by atoms with Gasteiger partial charge in [-0.1, -0.05) is 30.3 Å². The number of methoxy groups -OCH3 is 1. The first kappa shape index (κ1) is 15.0. The SMILES string of the molecule is COC(=O)C(CN(C)C1CCOCC1)c1ccccc1. The zero-order valence-electron chi connectivity index (χ0n) is 12.2. The number of carbonyl (C=O) groups excluding carboxylic acids is 1. The van der Waals surface area contributed by atoms with Crippen LogP contribution in [0, 0.1) is 0 Å². The van der Waals surface area contributed by atoms with Gasteiger partial charge in [0.05, 0.1) is 13.0 Å². The van der Waals surface area contributed by atoms with E-state index in [1.807, 2.05) is 30.3 Å². The van der Waals surface area contributed by atoms with E-state index in [0.717, 1.165) is 31.6 Å². The third-order valence-electron chi connectivity index (χ3n) is 3.97. The molecular formula is C16H23NO3. The van der Waals surface area contributed by atoms with Gasteiger partial charge in [-0.2, -0.15) is 0 Å². The molecule has 0 spiro atoms. The molecule has 1 heterocycles. The van der Waals surface area contributed by atoms with Gasteiger partial charge in [0, 0.05) is 25.8 Å². The number of esters is 1. The molecular weight excluding hydrogens is 254 g/mol. The fraction of sp³-hybridized carbons (Fsp3) is 0.562. The third-order valence-corrected chi connectivity index (χ3v) is 3.97. The number of rotatable bonds is 5. The van der Waals surface area contributed by atoms with Crippen molar-refractivity contribution in [2.45, 2.75) is 24.8 Å². The van der Waals surface area contributed by atoms with Crippen molar-refractivity contribution in [1.29, 1.82) is 0 Å². The van der Waals surface area contributed by atoms with Gasteiger partial charge in [0.15, 0.2) is 0 Å². The Balaban J connectivity index is 2.05. The van der Waals surface area contributed by atoms with Crippen LogP contribution in [-0.2, 0) is 14.3 Å². The highest BCUT2D eigenvalue weighted by Gasteiger charge is 2.26. The first-order valence-corrected chi connectivity index (χ1v) is 7.13. The van der Waals surface area contributed by atoms with Crippen LogP contribution < -0.4 is 0 Å². The summed E-state index contributed by atoms with van der Waals surface area (Å²) in [5.41, 5.74) is 1.01. The van der Waals surface area contributed by atoms with Gasteiger partial charge in [0.2, 0.25) is 0 Å². The molecule has 1 aliphatic rings. The van der Waals surface area contributed by atoms with Crippen LogP contribution in [0.15, 0.2) is 30.3 Å². The fourth-order valence-corrected chi connectivity index (χ4v) is 2.71. The quantitative estimate of drug-likeness (QED) is 0.772. The minimum absolute atomic E-state index is 0.171. The Morgan fingerprint density at radius 1 is 1.35 bits per heavy atom. The van der Waals surface area contributed by atoms with Gasteiger partial charge in [0.25, 0.3) is 0 Å². The van der Waals surface area contributed by atoms with Crippen molar-refractivity contribution in [2.24, 2.45) is 0 Å². The van der Waals surface area contributed by atoms with E-state index >= 15 is 0 Å². The van der Waals surface area contributed by atoms with Crippen LogP contribution in [0.2, 0.25) is 0 Å². The van der Waals surface area contributed by atoms with Crippen LogP contribution in [-0.4, -0.2) is 50.8 Å². The number of carbonyl (C=O) groups is 1. The summed E-state index contributed by atoms with van der Waals surface area (Å²) in [5, 5.41) is 0. The molecule has 0 radical (unpaired) electrons. The third kappa shape index (κ3) is 3.81. The lowest BCUT2D eigenvalue weighted by atomic mass is 9.97. The van der Waals surface area contributed by atoms with Gasteiger partial charge in [-0.05, 0) is 25.5 Å². The molecule has 4 heteroatoms. The molecule has 1 fully saturated rings. The van der Waals surface area contributed by atoms with Crippen molar-refractivity contribution >= 4 is 5.97 Å². The van der Waals surface area contributed by atoms with Crippen molar-refractivity contribution in [2.75, 3.05) is 33.9 Å². The average molecular weight is 277 g/mol. The van der Waals surface area contributed by atoms with E-state index in [-0.39, 0.29) is 11.9 Å². The zero-order valence-corrected chi connectivity index (χ0v) is 12.2. The smallest absolute Gasteiger partial charge is 0.314 e. The number of nitrogens with zero attached hydrogens (tertiary/aromatic N) is 1. The molecule has 0 saturated carbocycles. The summed E-state index contributed by atoms with van der Waals surface area (Å²) in [7, 11) is 3.53. The molecule has 4 nitrogen and oxygen atoms in total. The van der Waals surface area contributed by atoms with Gasteiger partial charge in [-0.3, -0.25) is 4.79 Å². The molecule has 0 bridgehead atoms. The van der Waals surface area contributed by atoms with Crippen LogP contribution in [0.25, 0.3) is 0 Å². The van der Waals surface area contributed by atoms with Gasteiger partial charge in [-0.25, -0.2) is 0 Å². The average Bonchev–Trinajstić information content (AvgIpc) is 2.53. The standard InChI is InChI=1S/C16H23NO3/c1-17(14-8-10-20-11-9-14)12-15(16(18)19-2)13-6-4-3-5-7-13/h3-7,14-15H,8-12H2,1-2H3. The molecule has 1 unspecified atom stereocenters. The number of hydrogen-bond donors (Lipinski definition) is 0. The summed E-state index contributed by atoms with van der Waals surface area (Å²) in [6, 6.07) is 10.3. The molecule has 110 valence electrons.